The van der Waals surface area contributed by atoms with Crippen molar-refractivity contribution in [2.75, 3.05) is 0 Å². The summed E-state index contributed by atoms with van der Waals surface area (Å²) in [5.74, 6) is -0.509. The summed E-state index contributed by atoms with van der Waals surface area (Å²) in [5, 5.41) is 25.6. The van der Waals surface area contributed by atoms with Crippen molar-refractivity contribution in [1.82, 2.24) is 4.57 Å². The van der Waals surface area contributed by atoms with E-state index in [1.807, 2.05) is 0 Å². The molecule has 1 aromatic heterocycles. The van der Waals surface area contributed by atoms with E-state index < -0.39 is 0 Å². The molecule has 0 bridgehead atoms. The van der Waals surface area contributed by atoms with Gasteiger partial charge in [-0.1, -0.05) is 0 Å². The molecule has 0 amide bonds. The molecule has 9 heavy (non-hydrogen) atoms. The predicted molar refractivity (Wildman–Crippen MR) is 28.8 cm³/mol. The Morgan fingerprint density at radius 2 is 1.78 bits per heavy atom. The van der Waals surface area contributed by atoms with E-state index in [1.54, 1.807) is 6.19 Å². The van der Waals surface area contributed by atoms with Crippen LogP contribution in [0.15, 0.2) is 12.1 Å². The average molecular weight is 124 g/mol. The van der Waals surface area contributed by atoms with Gasteiger partial charge in [-0.15, -0.1) is 0 Å². The van der Waals surface area contributed by atoms with Crippen LogP contribution in [0.1, 0.15) is 0 Å². The van der Waals surface area contributed by atoms with Crippen molar-refractivity contribution >= 4 is 0 Å². The van der Waals surface area contributed by atoms with Crippen LogP contribution in [0.3, 0.4) is 0 Å². The second kappa shape index (κ2) is 1.71. The Balaban J connectivity index is 3.27. The lowest BCUT2D eigenvalue weighted by Crippen LogP contribution is -1.83. The van der Waals surface area contributed by atoms with Gasteiger partial charge in [-0.25, -0.2) is 0 Å². The monoisotopic (exact) mass is 124 g/mol. The van der Waals surface area contributed by atoms with Gasteiger partial charge in [0.2, 0.25) is 11.8 Å². The Kier molecular flexibility index (Phi) is 1.04. The van der Waals surface area contributed by atoms with E-state index in [1.165, 1.54) is 12.1 Å². The fourth-order valence-electron chi connectivity index (χ4n) is 0.518. The Morgan fingerprint density at radius 1 is 1.33 bits per heavy atom. The molecule has 0 saturated heterocycles. The summed E-state index contributed by atoms with van der Waals surface area (Å²) in [7, 11) is 0. The lowest BCUT2D eigenvalue weighted by atomic mass is 10.6. The molecule has 0 unspecified atom stereocenters. The molecule has 0 aliphatic heterocycles. The van der Waals surface area contributed by atoms with Crippen LogP contribution < -0.4 is 0 Å². The number of hydrogen-bond donors (Lipinski definition) is 2. The number of hydrogen-bond acceptors (Lipinski definition) is 3. The van der Waals surface area contributed by atoms with Gasteiger partial charge < -0.3 is 10.2 Å². The second-order valence-electron chi connectivity index (χ2n) is 1.49. The number of rotatable bonds is 0. The molecule has 0 saturated carbocycles. The summed E-state index contributed by atoms with van der Waals surface area (Å²) in [6.45, 7) is 0. The Hall–Kier alpha value is -1.63. The average Bonchev–Trinajstić information content (AvgIpc) is 2.12. The van der Waals surface area contributed by atoms with Gasteiger partial charge in [-0.3, -0.25) is 0 Å². The third-order valence-corrected chi connectivity index (χ3v) is 0.940. The molecule has 4 nitrogen and oxygen atoms in total. The lowest BCUT2D eigenvalue weighted by molar-refractivity contribution is 0.404. The normalized spacial score (nSPS) is 8.78. The predicted octanol–water partition coefficient (Wildman–Crippen LogP) is 0.228. The van der Waals surface area contributed by atoms with Crippen LogP contribution in [0.4, 0.5) is 0 Å². The summed E-state index contributed by atoms with van der Waals surface area (Å²) in [4.78, 5) is 0. The minimum absolute atomic E-state index is 0.255. The smallest absolute Gasteiger partial charge is 0.207 e. The van der Waals surface area contributed by atoms with Crippen LogP contribution in [-0.2, 0) is 0 Å². The molecule has 0 atom stereocenters. The highest BCUT2D eigenvalue weighted by molar-refractivity contribution is 5.27. The van der Waals surface area contributed by atoms with Gasteiger partial charge in [-0.2, -0.15) is 9.83 Å². The summed E-state index contributed by atoms with van der Waals surface area (Å²) >= 11 is 0. The Labute approximate surface area is 51.2 Å². The maximum absolute atomic E-state index is 8.71. The number of nitriles is 1. The van der Waals surface area contributed by atoms with Crippen molar-refractivity contribution in [3.8, 4) is 18.0 Å². The SMILES string of the molecule is N#Cn1c(O)ccc1O. The van der Waals surface area contributed by atoms with E-state index in [-0.39, 0.29) is 11.8 Å². The van der Waals surface area contributed by atoms with Crippen molar-refractivity contribution in [3.63, 3.8) is 0 Å². The number of nitrogens with zero attached hydrogens (tertiary/aromatic N) is 2. The maximum atomic E-state index is 8.71. The highest BCUT2D eigenvalue weighted by atomic mass is 16.3. The van der Waals surface area contributed by atoms with E-state index in [4.69, 9.17) is 15.5 Å². The summed E-state index contributed by atoms with van der Waals surface area (Å²) < 4.78 is 0.708. The van der Waals surface area contributed by atoms with E-state index in [0.29, 0.717) is 4.57 Å². The first-order valence-electron chi connectivity index (χ1n) is 2.25. The fourth-order valence-corrected chi connectivity index (χ4v) is 0.518. The molecule has 46 valence electrons. The van der Waals surface area contributed by atoms with Gasteiger partial charge in [0.15, 0.2) is 6.19 Å². The molecule has 1 heterocycles. The summed E-state index contributed by atoms with van der Waals surface area (Å²) in [6, 6.07) is 2.47. The molecule has 0 radical (unpaired) electrons. The van der Waals surface area contributed by atoms with E-state index in [9.17, 15) is 0 Å². The Morgan fingerprint density at radius 3 is 2.00 bits per heavy atom. The van der Waals surface area contributed by atoms with E-state index >= 15 is 0 Å². The molecule has 4 heteroatoms. The van der Waals surface area contributed by atoms with E-state index in [2.05, 4.69) is 0 Å². The summed E-state index contributed by atoms with van der Waals surface area (Å²) in [5.41, 5.74) is 0. The van der Waals surface area contributed by atoms with Crippen molar-refractivity contribution in [3.05, 3.63) is 12.1 Å². The van der Waals surface area contributed by atoms with Crippen molar-refractivity contribution in [1.29, 1.82) is 5.26 Å². The number of aromatic nitrogens is 1. The topological polar surface area (TPSA) is 69.2 Å². The van der Waals surface area contributed by atoms with Crippen LogP contribution >= 0.6 is 0 Å². The number of aromatic hydroxyl groups is 2. The quantitative estimate of drug-likeness (QED) is 0.520. The first-order valence-corrected chi connectivity index (χ1v) is 2.25. The third-order valence-electron chi connectivity index (χ3n) is 0.940. The van der Waals surface area contributed by atoms with Crippen LogP contribution in [0.25, 0.3) is 0 Å². The molecule has 0 aliphatic carbocycles. The van der Waals surface area contributed by atoms with Crippen LogP contribution in [0.2, 0.25) is 0 Å². The third kappa shape index (κ3) is 0.681. The molecule has 1 aromatic rings. The largest absolute Gasteiger partial charge is 0.494 e. The zero-order chi connectivity index (χ0) is 6.85. The van der Waals surface area contributed by atoms with Crippen LogP contribution in [0, 0.1) is 11.5 Å². The van der Waals surface area contributed by atoms with Gasteiger partial charge in [0.25, 0.3) is 0 Å². The van der Waals surface area contributed by atoms with Gasteiger partial charge in [0.1, 0.15) is 0 Å². The first kappa shape index (κ1) is 5.51. The lowest BCUT2D eigenvalue weighted by Gasteiger charge is -1.89. The molecule has 0 aliphatic rings. The van der Waals surface area contributed by atoms with Gasteiger partial charge in [0.05, 0.1) is 0 Å². The fraction of sp³-hybridized carbons (Fsp3) is 0. The van der Waals surface area contributed by atoms with Crippen LogP contribution in [0.5, 0.6) is 11.8 Å². The molecular formula is C5H4N2O2. The maximum Gasteiger partial charge on any atom is 0.207 e. The van der Waals surface area contributed by atoms with Crippen LogP contribution in [-0.4, -0.2) is 14.8 Å². The zero-order valence-corrected chi connectivity index (χ0v) is 4.44. The molecular weight excluding hydrogens is 120 g/mol. The zero-order valence-electron chi connectivity index (χ0n) is 4.44. The highest BCUT2D eigenvalue weighted by Gasteiger charge is 2.01. The van der Waals surface area contributed by atoms with Gasteiger partial charge in [0, 0.05) is 12.1 Å². The van der Waals surface area contributed by atoms with Crippen molar-refractivity contribution < 1.29 is 10.2 Å². The van der Waals surface area contributed by atoms with E-state index in [0.717, 1.165) is 0 Å². The molecule has 0 spiro atoms. The highest BCUT2D eigenvalue weighted by Crippen LogP contribution is 2.18. The first-order chi connectivity index (χ1) is 4.25. The standard InChI is InChI=1S/C5H4N2O2/c6-3-7-4(8)1-2-5(7)9/h1-2,8-9H. The second-order valence-corrected chi connectivity index (χ2v) is 1.49. The molecule has 0 aromatic carbocycles. The van der Waals surface area contributed by atoms with Crippen molar-refractivity contribution in [2.45, 2.75) is 0 Å². The summed E-state index contributed by atoms with van der Waals surface area (Å²) in [6.07, 6.45) is 1.56. The van der Waals surface area contributed by atoms with Gasteiger partial charge in [-0.05, 0) is 0 Å². The minimum Gasteiger partial charge on any atom is -0.494 e. The minimum atomic E-state index is -0.255. The van der Waals surface area contributed by atoms with Crippen molar-refractivity contribution in [2.24, 2.45) is 0 Å². The molecule has 0 fully saturated rings. The molecule has 1 rings (SSSR count). The Bertz CT molecular complexity index is 239. The molecule has 2 N–H and O–H groups in total. The van der Waals surface area contributed by atoms with Gasteiger partial charge >= 0.3 is 0 Å².